The first-order valence-electron chi connectivity index (χ1n) is 3.69. The molecule has 0 atom stereocenters. The molecule has 0 saturated carbocycles. The maximum Gasteiger partial charge on any atom is 0.0678 e. The smallest absolute Gasteiger partial charge is 0.0678 e. The summed E-state index contributed by atoms with van der Waals surface area (Å²) in [7, 11) is 0. The zero-order chi connectivity index (χ0) is 9.72. The van der Waals surface area contributed by atoms with Crippen molar-refractivity contribution in [3.63, 3.8) is 0 Å². The van der Waals surface area contributed by atoms with E-state index in [1.54, 1.807) is 13.8 Å². The van der Waals surface area contributed by atoms with Gasteiger partial charge in [-0.05, 0) is 24.0 Å². The number of rotatable bonds is 4. The quantitative estimate of drug-likeness (QED) is 0.486. The zero-order valence-corrected chi connectivity index (χ0v) is 7.05. The zero-order valence-electron chi connectivity index (χ0n) is 7.05. The van der Waals surface area contributed by atoms with Crippen LogP contribution in [0.5, 0.6) is 0 Å². The Balaban J connectivity index is 5.01. The summed E-state index contributed by atoms with van der Waals surface area (Å²) in [6.45, 7) is 3.12. The summed E-state index contributed by atoms with van der Waals surface area (Å²) in [5.74, 6) is -2.86. The molecular weight excluding hydrogens is 160 g/mol. The van der Waals surface area contributed by atoms with Crippen molar-refractivity contribution in [3.8, 4) is 0 Å². The van der Waals surface area contributed by atoms with E-state index in [1.165, 1.54) is 0 Å². The third kappa shape index (κ3) is 2.38. The molecule has 0 rings (SSSR count). The van der Waals surface area contributed by atoms with Crippen molar-refractivity contribution >= 4 is 11.9 Å². The highest BCUT2D eigenvalue weighted by atomic mass is 16.4. The van der Waals surface area contributed by atoms with Crippen molar-refractivity contribution in [2.75, 3.05) is 0 Å². The van der Waals surface area contributed by atoms with Gasteiger partial charge in [0.05, 0.1) is 11.9 Å². The lowest BCUT2D eigenvalue weighted by atomic mass is 10.0. The van der Waals surface area contributed by atoms with Gasteiger partial charge in [-0.1, -0.05) is 13.8 Å². The van der Waals surface area contributed by atoms with Gasteiger partial charge in [-0.3, -0.25) is 0 Å². The van der Waals surface area contributed by atoms with Crippen LogP contribution in [0.15, 0.2) is 11.1 Å². The fourth-order valence-corrected chi connectivity index (χ4v) is 0.962. The predicted octanol–water partition coefficient (Wildman–Crippen LogP) is -1.40. The SMILES string of the molecule is CC/C(C(=O)[O-])=C(\CC)C(=O)[O-]. The van der Waals surface area contributed by atoms with Crippen LogP contribution in [0.2, 0.25) is 0 Å². The molecule has 4 nitrogen and oxygen atoms in total. The number of aliphatic carboxylic acids is 2. The summed E-state index contributed by atoms with van der Waals surface area (Å²) in [5.41, 5.74) is -0.366. The summed E-state index contributed by atoms with van der Waals surface area (Å²) in [4.78, 5) is 20.8. The molecule has 0 fully saturated rings. The number of carbonyl (C=O) groups is 2. The molecule has 12 heavy (non-hydrogen) atoms. The minimum Gasteiger partial charge on any atom is -0.545 e. The minimum absolute atomic E-state index is 0.138. The highest BCUT2D eigenvalue weighted by Gasteiger charge is 2.04. The van der Waals surface area contributed by atoms with Crippen LogP contribution in [-0.4, -0.2) is 11.9 Å². The Morgan fingerprint density at radius 1 is 0.917 bits per heavy atom. The molecule has 0 bridgehead atoms. The van der Waals surface area contributed by atoms with E-state index in [1.807, 2.05) is 0 Å². The van der Waals surface area contributed by atoms with Crippen LogP contribution in [0.25, 0.3) is 0 Å². The molecule has 0 aromatic heterocycles. The second-order valence-corrected chi connectivity index (χ2v) is 2.24. The average Bonchev–Trinajstić information content (AvgIpc) is 1.98. The lowest BCUT2D eigenvalue weighted by Crippen LogP contribution is -2.31. The molecule has 0 aliphatic rings. The third-order valence-corrected chi connectivity index (χ3v) is 1.56. The van der Waals surface area contributed by atoms with Gasteiger partial charge in [0.25, 0.3) is 0 Å². The molecule has 0 aromatic rings. The summed E-state index contributed by atoms with van der Waals surface area (Å²) in [6.07, 6.45) is 0.277. The number of carboxylic acid groups (broad SMARTS) is 2. The van der Waals surface area contributed by atoms with Crippen molar-refractivity contribution in [3.05, 3.63) is 11.1 Å². The second-order valence-electron chi connectivity index (χ2n) is 2.24. The summed E-state index contributed by atoms with van der Waals surface area (Å²) in [5, 5.41) is 20.8. The van der Waals surface area contributed by atoms with E-state index < -0.39 is 11.9 Å². The van der Waals surface area contributed by atoms with Crippen LogP contribution in [0, 0.1) is 0 Å². The standard InChI is InChI=1S/C8H12O4/c1-3-5(7(9)10)6(4-2)8(11)12/h3-4H2,1-2H3,(H,9,10)(H,11,12)/p-2/b6-5-. The Labute approximate surface area is 70.5 Å². The second kappa shape index (κ2) is 4.54. The normalized spacial score (nSPS) is 12.2. The van der Waals surface area contributed by atoms with Crippen LogP contribution >= 0.6 is 0 Å². The Morgan fingerprint density at radius 2 is 1.17 bits per heavy atom. The van der Waals surface area contributed by atoms with Crippen molar-refractivity contribution in [2.45, 2.75) is 26.7 Å². The van der Waals surface area contributed by atoms with Crippen LogP contribution in [0.4, 0.5) is 0 Å². The minimum atomic E-state index is -1.43. The molecule has 0 unspecified atom stereocenters. The van der Waals surface area contributed by atoms with E-state index in [-0.39, 0.29) is 24.0 Å². The molecule has 0 amide bonds. The Bertz CT molecular complexity index is 203. The molecule has 0 saturated heterocycles. The lowest BCUT2D eigenvalue weighted by Gasteiger charge is -2.13. The molecule has 0 aromatic carbocycles. The van der Waals surface area contributed by atoms with Crippen molar-refractivity contribution in [1.82, 2.24) is 0 Å². The summed E-state index contributed by atoms with van der Waals surface area (Å²) < 4.78 is 0. The molecule has 4 heteroatoms. The van der Waals surface area contributed by atoms with E-state index in [0.29, 0.717) is 0 Å². The van der Waals surface area contributed by atoms with Gasteiger partial charge in [0.2, 0.25) is 0 Å². The molecule has 0 spiro atoms. The van der Waals surface area contributed by atoms with E-state index >= 15 is 0 Å². The van der Waals surface area contributed by atoms with Gasteiger partial charge in [-0.15, -0.1) is 0 Å². The van der Waals surface area contributed by atoms with Gasteiger partial charge in [0.1, 0.15) is 0 Å². The number of hydrogen-bond donors (Lipinski definition) is 0. The van der Waals surface area contributed by atoms with Gasteiger partial charge in [-0.2, -0.15) is 0 Å². The topological polar surface area (TPSA) is 80.3 Å². The molecule has 0 radical (unpaired) electrons. The monoisotopic (exact) mass is 170 g/mol. The third-order valence-electron chi connectivity index (χ3n) is 1.56. The Hall–Kier alpha value is -1.32. The molecule has 0 aliphatic heterocycles. The van der Waals surface area contributed by atoms with Gasteiger partial charge in [0, 0.05) is 0 Å². The largest absolute Gasteiger partial charge is 0.545 e. The Morgan fingerprint density at radius 3 is 1.25 bits per heavy atom. The van der Waals surface area contributed by atoms with Crippen molar-refractivity contribution in [1.29, 1.82) is 0 Å². The first-order valence-corrected chi connectivity index (χ1v) is 3.69. The van der Waals surface area contributed by atoms with E-state index in [4.69, 9.17) is 0 Å². The maximum absolute atomic E-state index is 10.4. The van der Waals surface area contributed by atoms with Crippen molar-refractivity contribution < 1.29 is 19.8 Å². The van der Waals surface area contributed by atoms with E-state index in [2.05, 4.69) is 0 Å². The van der Waals surface area contributed by atoms with Crippen LogP contribution in [0.1, 0.15) is 26.7 Å². The first-order chi connectivity index (χ1) is 5.54. The highest BCUT2D eigenvalue weighted by molar-refractivity contribution is 5.96. The number of carbonyl (C=O) groups excluding carboxylic acids is 2. The number of hydrogen-bond acceptors (Lipinski definition) is 4. The van der Waals surface area contributed by atoms with Crippen LogP contribution in [0.3, 0.4) is 0 Å². The molecule has 0 aliphatic carbocycles. The number of carboxylic acids is 2. The predicted molar refractivity (Wildman–Crippen MR) is 37.6 cm³/mol. The van der Waals surface area contributed by atoms with Gasteiger partial charge in [-0.25, -0.2) is 0 Å². The van der Waals surface area contributed by atoms with Crippen molar-refractivity contribution in [2.24, 2.45) is 0 Å². The fourth-order valence-electron chi connectivity index (χ4n) is 0.962. The maximum atomic E-state index is 10.4. The molecule has 68 valence electrons. The fraction of sp³-hybridized carbons (Fsp3) is 0.500. The van der Waals surface area contributed by atoms with Gasteiger partial charge < -0.3 is 19.8 Å². The summed E-state index contributed by atoms with van der Waals surface area (Å²) >= 11 is 0. The summed E-state index contributed by atoms with van der Waals surface area (Å²) in [6, 6.07) is 0. The lowest BCUT2D eigenvalue weighted by molar-refractivity contribution is -0.304. The molecular formula is C8H10O4-2. The highest BCUT2D eigenvalue weighted by Crippen LogP contribution is 2.10. The van der Waals surface area contributed by atoms with Crippen LogP contribution in [-0.2, 0) is 9.59 Å². The van der Waals surface area contributed by atoms with E-state index in [9.17, 15) is 19.8 Å². The molecule has 0 N–H and O–H groups in total. The van der Waals surface area contributed by atoms with Crippen LogP contribution < -0.4 is 10.2 Å². The van der Waals surface area contributed by atoms with Gasteiger partial charge >= 0.3 is 0 Å². The average molecular weight is 170 g/mol. The van der Waals surface area contributed by atoms with Gasteiger partial charge in [0.15, 0.2) is 0 Å². The van der Waals surface area contributed by atoms with E-state index in [0.717, 1.165) is 0 Å². The molecule has 0 heterocycles. The Kier molecular flexibility index (Phi) is 4.04. The first kappa shape index (κ1) is 10.7.